The Hall–Kier alpha value is -0.860. The van der Waals surface area contributed by atoms with Crippen LogP contribution < -0.4 is 0 Å². The van der Waals surface area contributed by atoms with Gasteiger partial charge in [0.05, 0.1) is 7.11 Å². The largest absolute Gasteiger partial charge is 0.468 e. The van der Waals surface area contributed by atoms with Crippen LogP contribution in [0.2, 0.25) is 0 Å². The van der Waals surface area contributed by atoms with Crippen molar-refractivity contribution in [2.45, 2.75) is 26.2 Å². The van der Waals surface area contributed by atoms with Gasteiger partial charge in [-0.1, -0.05) is 6.92 Å². The van der Waals surface area contributed by atoms with Crippen molar-refractivity contribution in [3.05, 3.63) is 0 Å². The third-order valence-corrected chi connectivity index (χ3v) is 2.37. The van der Waals surface area contributed by atoms with E-state index in [9.17, 15) is 9.59 Å². The van der Waals surface area contributed by atoms with Crippen molar-refractivity contribution in [1.29, 1.82) is 0 Å². The molecular formula is C9H14O3. The lowest BCUT2D eigenvalue weighted by Crippen LogP contribution is -2.30. The Balaban J connectivity index is 2.56. The first-order valence-electron chi connectivity index (χ1n) is 4.25. The summed E-state index contributed by atoms with van der Waals surface area (Å²) in [4.78, 5) is 22.3. The maximum absolute atomic E-state index is 11.3. The van der Waals surface area contributed by atoms with E-state index < -0.39 is 5.92 Å². The average Bonchev–Trinajstić information content (AvgIpc) is 2.03. The fraction of sp³-hybridized carbons (Fsp3) is 0.778. The number of carbonyl (C=O) groups excluding carboxylic acids is 2. The van der Waals surface area contributed by atoms with Gasteiger partial charge in [0.25, 0.3) is 0 Å². The highest BCUT2D eigenvalue weighted by molar-refractivity contribution is 5.99. The molecule has 0 aliphatic heterocycles. The Bertz CT molecular complexity index is 198. The Morgan fingerprint density at radius 1 is 1.50 bits per heavy atom. The molecule has 1 saturated carbocycles. The molecule has 0 amide bonds. The van der Waals surface area contributed by atoms with Gasteiger partial charge in [0.2, 0.25) is 0 Å². The first kappa shape index (κ1) is 9.23. The van der Waals surface area contributed by atoms with Crippen molar-refractivity contribution in [3.8, 4) is 0 Å². The fourth-order valence-electron chi connectivity index (χ4n) is 1.59. The zero-order chi connectivity index (χ0) is 9.14. The molecule has 0 aromatic carbocycles. The van der Waals surface area contributed by atoms with Gasteiger partial charge in [-0.05, 0) is 18.8 Å². The summed E-state index contributed by atoms with van der Waals surface area (Å²) >= 11 is 0. The van der Waals surface area contributed by atoms with Crippen LogP contribution in [0.1, 0.15) is 26.2 Å². The number of rotatable bonds is 1. The lowest BCUT2D eigenvalue weighted by Gasteiger charge is -2.22. The van der Waals surface area contributed by atoms with E-state index >= 15 is 0 Å². The summed E-state index contributed by atoms with van der Waals surface area (Å²) in [7, 11) is 1.33. The summed E-state index contributed by atoms with van der Waals surface area (Å²) in [6.45, 7) is 2.03. The number of carbonyl (C=O) groups is 2. The Kier molecular flexibility index (Phi) is 2.84. The molecule has 0 aromatic heterocycles. The van der Waals surface area contributed by atoms with Crippen molar-refractivity contribution in [2.75, 3.05) is 7.11 Å². The van der Waals surface area contributed by atoms with Crippen LogP contribution in [0.25, 0.3) is 0 Å². The van der Waals surface area contributed by atoms with E-state index in [1.165, 1.54) is 7.11 Å². The molecule has 3 nitrogen and oxygen atoms in total. The van der Waals surface area contributed by atoms with Crippen LogP contribution in [-0.2, 0) is 14.3 Å². The van der Waals surface area contributed by atoms with E-state index in [0.29, 0.717) is 18.8 Å². The van der Waals surface area contributed by atoms with Crippen molar-refractivity contribution in [3.63, 3.8) is 0 Å². The van der Waals surface area contributed by atoms with Gasteiger partial charge in [-0.25, -0.2) is 0 Å². The first-order valence-corrected chi connectivity index (χ1v) is 4.25. The van der Waals surface area contributed by atoms with Gasteiger partial charge in [0.15, 0.2) is 0 Å². The summed E-state index contributed by atoms with van der Waals surface area (Å²) in [5.41, 5.74) is 0. The third-order valence-electron chi connectivity index (χ3n) is 2.37. The number of Topliss-reactive ketones (excluding diaryl/α,β-unsaturated/α-hetero) is 1. The minimum Gasteiger partial charge on any atom is -0.468 e. The molecule has 0 bridgehead atoms. The third kappa shape index (κ3) is 1.84. The highest BCUT2D eigenvalue weighted by Gasteiger charge is 2.32. The number of ether oxygens (including phenoxy) is 1. The monoisotopic (exact) mass is 170 g/mol. The molecular weight excluding hydrogens is 156 g/mol. The second-order valence-corrected chi connectivity index (χ2v) is 3.43. The van der Waals surface area contributed by atoms with E-state index in [2.05, 4.69) is 4.74 Å². The minimum atomic E-state index is -0.480. The molecule has 1 aliphatic carbocycles. The number of esters is 1. The van der Waals surface area contributed by atoms with E-state index in [1.807, 2.05) is 6.92 Å². The van der Waals surface area contributed by atoms with E-state index in [4.69, 9.17) is 0 Å². The number of hydrogen-bond donors (Lipinski definition) is 0. The Morgan fingerprint density at radius 2 is 2.17 bits per heavy atom. The Labute approximate surface area is 72.1 Å². The molecule has 0 aromatic rings. The number of hydrogen-bond acceptors (Lipinski definition) is 3. The summed E-state index contributed by atoms with van der Waals surface area (Å²) < 4.78 is 4.54. The predicted molar refractivity (Wildman–Crippen MR) is 43.5 cm³/mol. The van der Waals surface area contributed by atoms with Crippen LogP contribution in [0.5, 0.6) is 0 Å². The Morgan fingerprint density at radius 3 is 2.67 bits per heavy atom. The van der Waals surface area contributed by atoms with Crippen molar-refractivity contribution < 1.29 is 14.3 Å². The summed E-state index contributed by atoms with van der Waals surface area (Å²) in [5.74, 6) is -0.378. The number of ketones is 1. The van der Waals surface area contributed by atoms with Crippen LogP contribution in [0.3, 0.4) is 0 Å². The average molecular weight is 170 g/mol. The molecule has 0 N–H and O–H groups in total. The van der Waals surface area contributed by atoms with Crippen LogP contribution in [-0.4, -0.2) is 18.9 Å². The minimum absolute atomic E-state index is 0.0422. The van der Waals surface area contributed by atoms with Gasteiger partial charge in [0.1, 0.15) is 11.7 Å². The first-order chi connectivity index (χ1) is 5.65. The molecule has 0 heterocycles. The molecule has 68 valence electrons. The molecule has 0 radical (unpaired) electrons. The van der Waals surface area contributed by atoms with E-state index in [0.717, 1.165) is 6.42 Å². The molecule has 0 spiro atoms. The van der Waals surface area contributed by atoms with Crippen LogP contribution in [0.15, 0.2) is 0 Å². The number of methoxy groups -OCH3 is 1. The second-order valence-electron chi connectivity index (χ2n) is 3.43. The van der Waals surface area contributed by atoms with Gasteiger partial charge < -0.3 is 4.74 Å². The molecule has 1 fully saturated rings. The maximum atomic E-state index is 11.3. The molecule has 0 unspecified atom stereocenters. The summed E-state index contributed by atoms with van der Waals surface area (Å²) in [5, 5.41) is 0. The van der Waals surface area contributed by atoms with Gasteiger partial charge in [0, 0.05) is 6.42 Å². The van der Waals surface area contributed by atoms with E-state index in [1.54, 1.807) is 0 Å². The van der Waals surface area contributed by atoms with Crippen molar-refractivity contribution in [2.24, 2.45) is 11.8 Å². The van der Waals surface area contributed by atoms with Crippen molar-refractivity contribution >= 4 is 11.8 Å². The second kappa shape index (κ2) is 3.70. The normalized spacial score (nSPS) is 30.0. The fourth-order valence-corrected chi connectivity index (χ4v) is 1.59. The van der Waals surface area contributed by atoms with Gasteiger partial charge in [-0.3, -0.25) is 9.59 Å². The molecule has 1 rings (SSSR count). The standard InChI is InChI=1S/C9H14O3/c1-6-3-4-7(8(10)5-6)9(11)12-2/h6-7H,3-5H2,1-2H3/t6-,7+/m0/s1. The predicted octanol–water partition coefficient (Wildman–Crippen LogP) is 1.16. The van der Waals surface area contributed by atoms with Crippen LogP contribution in [0, 0.1) is 11.8 Å². The van der Waals surface area contributed by atoms with E-state index in [-0.39, 0.29) is 11.8 Å². The summed E-state index contributed by atoms with van der Waals surface area (Å²) in [6.07, 6.45) is 2.14. The smallest absolute Gasteiger partial charge is 0.316 e. The lowest BCUT2D eigenvalue weighted by atomic mass is 9.82. The zero-order valence-electron chi connectivity index (χ0n) is 7.50. The quantitative estimate of drug-likeness (QED) is 0.438. The SMILES string of the molecule is COC(=O)[C@@H]1CC[C@H](C)CC1=O. The topological polar surface area (TPSA) is 43.4 Å². The molecule has 2 atom stereocenters. The van der Waals surface area contributed by atoms with Crippen LogP contribution in [0.4, 0.5) is 0 Å². The van der Waals surface area contributed by atoms with Crippen molar-refractivity contribution in [1.82, 2.24) is 0 Å². The highest BCUT2D eigenvalue weighted by atomic mass is 16.5. The van der Waals surface area contributed by atoms with Gasteiger partial charge in [-0.2, -0.15) is 0 Å². The zero-order valence-corrected chi connectivity index (χ0v) is 7.50. The van der Waals surface area contributed by atoms with Crippen LogP contribution >= 0.6 is 0 Å². The lowest BCUT2D eigenvalue weighted by molar-refractivity contribution is -0.151. The molecule has 12 heavy (non-hydrogen) atoms. The molecule has 1 aliphatic rings. The molecule has 0 saturated heterocycles. The highest BCUT2D eigenvalue weighted by Crippen LogP contribution is 2.26. The summed E-state index contributed by atoms with van der Waals surface area (Å²) in [6, 6.07) is 0. The van der Waals surface area contributed by atoms with Gasteiger partial charge >= 0.3 is 5.97 Å². The maximum Gasteiger partial charge on any atom is 0.316 e. The van der Waals surface area contributed by atoms with Gasteiger partial charge in [-0.15, -0.1) is 0 Å². The molecule has 3 heteroatoms.